The monoisotopic (exact) mass is 428 g/mol. The molecule has 2 aliphatic rings. The van der Waals surface area contributed by atoms with Crippen molar-refractivity contribution in [3.63, 3.8) is 0 Å². The van der Waals surface area contributed by atoms with Crippen LogP contribution in [0.15, 0.2) is 35.6 Å². The molecule has 6 nitrogen and oxygen atoms in total. The molecule has 7 heteroatoms. The van der Waals surface area contributed by atoms with Crippen LogP contribution >= 0.6 is 11.6 Å². The molecule has 4 rings (SSSR count). The number of likely N-dealkylation sites (tertiary alicyclic amines) is 1. The summed E-state index contributed by atoms with van der Waals surface area (Å²) in [5.74, 6) is 2.17. The first-order chi connectivity index (χ1) is 14.5. The number of hydrogen-bond donors (Lipinski definition) is 1. The normalized spacial score (nSPS) is 22.2. The Morgan fingerprint density at radius 2 is 2.13 bits per heavy atom. The van der Waals surface area contributed by atoms with E-state index in [-0.39, 0.29) is 0 Å². The Hall–Kier alpha value is -2.21. The van der Waals surface area contributed by atoms with Gasteiger partial charge in [0.2, 0.25) is 0 Å². The molecular formula is C23H33ClN6. The lowest BCUT2D eigenvalue weighted by atomic mass is 10.0. The van der Waals surface area contributed by atoms with Crippen LogP contribution in [0.4, 0.5) is 5.69 Å². The van der Waals surface area contributed by atoms with Gasteiger partial charge in [0.25, 0.3) is 0 Å². The Kier molecular flexibility index (Phi) is 6.52. The van der Waals surface area contributed by atoms with Crippen LogP contribution in [0.5, 0.6) is 0 Å². The zero-order chi connectivity index (χ0) is 21.1. The number of guanidine groups is 1. The standard InChI is InChI=1S/C23H33ClN6/c1-4-25-23(30-10-8-19(16-30)20-13-27-28(3)15-20)26-12-18-7-9-29(14-18)22-11-21(24)6-5-17(22)2/h5-6,11,13,15,18-19H,4,7-10,12,14,16H2,1-3H3,(H,25,26). The van der Waals surface area contributed by atoms with Gasteiger partial charge in [-0.3, -0.25) is 9.67 Å². The van der Waals surface area contributed by atoms with E-state index in [2.05, 4.69) is 52.4 Å². The molecule has 1 aromatic heterocycles. The largest absolute Gasteiger partial charge is 0.371 e. The Labute approximate surface area is 184 Å². The van der Waals surface area contributed by atoms with Crippen molar-refractivity contribution in [2.24, 2.45) is 18.0 Å². The molecule has 0 saturated carbocycles. The van der Waals surface area contributed by atoms with Gasteiger partial charge < -0.3 is 15.1 Å². The number of benzene rings is 1. The molecule has 1 aromatic carbocycles. The molecular weight excluding hydrogens is 396 g/mol. The van der Waals surface area contributed by atoms with Gasteiger partial charge in [0.05, 0.1) is 6.20 Å². The lowest BCUT2D eigenvalue weighted by Crippen LogP contribution is -2.40. The molecule has 0 spiro atoms. The number of aryl methyl sites for hydroxylation is 2. The quantitative estimate of drug-likeness (QED) is 0.583. The highest BCUT2D eigenvalue weighted by Crippen LogP contribution is 2.30. The van der Waals surface area contributed by atoms with Crippen molar-refractivity contribution in [1.29, 1.82) is 0 Å². The molecule has 2 atom stereocenters. The summed E-state index contributed by atoms with van der Waals surface area (Å²) in [7, 11) is 1.98. The van der Waals surface area contributed by atoms with E-state index in [1.807, 2.05) is 24.0 Å². The van der Waals surface area contributed by atoms with Crippen LogP contribution in [0.2, 0.25) is 5.02 Å². The molecule has 2 aliphatic heterocycles. The van der Waals surface area contributed by atoms with Gasteiger partial charge in [-0.25, -0.2) is 0 Å². The minimum Gasteiger partial charge on any atom is -0.371 e. The van der Waals surface area contributed by atoms with Gasteiger partial charge in [-0.2, -0.15) is 5.10 Å². The molecule has 2 unspecified atom stereocenters. The highest BCUT2D eigenvalue weighted by molar-refractivity contribution is 6.30. The van der Waals surface area contributed by atoms with Gasteiger partial charge in [0.1, 0.15) is 0 Å². The van der Waals surface area contributed by atoms with E-state index in [0.29, 0.717) is 11.8 Å². The fraction of sp³-hybridized carbons (Fsp3) is 0.565. The summed E-state index contributed by atoms with van der Waals surface area (Å²) >= 11 is 6.23. The van der Waals surface area contributed by atoms with Crippen molar-refractivity contribution in [1.82, 2.24) is 20.0 Å². The summed E-state index contributed by atoms with van der Waals surface area (Å²) in [6.45, 7) is 10.2. The van der Waals surface area contributed by atoms with Crippen molar-refractivity contribution >= 4 is 23.2 Å². The van der Waals surface area contributed by atoms with E-state index in [1.54, 1.807) is 0 Å². The van der Waals surface area contributed by atoms with E-state index in [1.165, 1.54) is 23.2 Å². The molecule has 0 amide bonds. The molecule has 0 bridgehead atoms. The van der Waals surface area contributed by atoms with E-state index in [0.717, 1.165) is 56.7 Å². The van der Waals surface area contributed by atoms with Gasteiger partial charge in [0, 0.05) is 69.1 Å². The first-order valence-electron chi connectivity index (χ1n) is 11.1. The van der Waals surface area contributed by atoms with Crippen LogP contribution in [-0.4, -0.2) is 59.9 Å². The van der Waals surface area contributed by atoms with Crippen molar-refractivity contribution in [3.8, 4) is 0 Å². The summed E-state index contributed by atoms with van der Waals surface area (Å²) < 4.78 is 1.89. The van der Waals surface area contributed by atoms with Gasteiger partial charge in [-0.15, -0.1) is 0 Å². The molecule has 0 radical (unpaired) electrons. The van der Waals surface area contributed by atoms with E-state index in [4.69, 9.17) is 16.6 Å². The SMILES string of the molecule is CCNC(=NCC1CCN(c2cc(Cl)ccc2C)C1)N1CCC(c2cnn(C)c2)C1. The summed E-state index contributed by atoms with van der Waals surface area (Å²) in [5, 5.41) is 8.66. The van der Waals surface area contributed by atoms with Crippen LogP contribution in [0, 0.1) is 12.8 Å². The Morgan fingerprint density at radius 3 is 2.90 bits per heavy atom. The number of hydrogen-bond acceptors (Lipinski definition) is 3. The predicted octanol–water partition coefficient (Wildman–Crippen LogP) is 3.66. The molecule has 2 aromatic rings. The molecule has 3 heterocycles. The molecule has 2 saturated heterocycles. The lowest BCUT2D eigenvalue weighted by Gasteiger charge is -2.23. The van der Waals surface area contributed by atoms with E-state index in [9.17, 15) is 0 Å². The third-order valence-electron chi connectivity index (χ3n) is 6.32. The highest BCUT2D eigenvalue weighted by atomic mass is 35.5. The van der Waals surface area contributed by atoms with E-state index >= 15 is 0 Å². The van der Waals surface area contributed by atoms with Gasteiger partial charge in [-0.05, 0) is 55.9 Å². The Bertz CT molecular complexity index is 892. The van der Waals surface area contributed by atoms with Crippen molar-refractivity contribution in [2.75, 3.05) is 44.2 Å². The maximum Gasteiger partial charge on any atom is 0.193 e. The zero-order valence-electron chi connectivity index (χ0n) is 18.3. The zero-order valence-corrected chi connectivity index (χ0v) is 19.1. The third-order valence-corrected chi connectivity index (χ3v) is 6.55. The average Bonchev–Trinajstić information content (AvgIpc) is 3.47. The summed E-state index contributed by atoms with van der Waals surface area (Å²) in [6, 6.07) is 6.17. The summed E-state index contributed by atoms with van der Waals surface area (Å²) in [5.41, 5.74) is 3.88. The van der Waals surface area contributed by atoms with Crippen LogP contribution < -0.4 is 10.2 Å². The highest BCUT2D eigenvalue weighted by Gasteiger charge is 2.28. The van der Waals surface area contributed by atoms with Gasteiger partial charge in [-0.1, -0.05) is 17.7 Å². The van der Waals surface area contributed by atoms with Crippen molar-refractivity contribution < 1.29 is 0 Å². The predicted molar refractivity (Wildman–Crippen MR) is 125 cm³/mol. The molecule has 1 N–H and O–H groups in total. The Morgan fingerprint density at radius 1 is 1.27 bits per heavy atom. The maximum absolute atomic E-state index is 6.23. The molecule has 2 fully saturated rings. The smallest absolute Gasteiger partial charge is 0.193 e. The van der Waals surface area contributed by atoms with Crippen LogP contribution in [0.25, 0.3) is 0 Å². The lowest BCUT2D eigenvalue weighted by molar-refractivity contribution is 0.480. The minimum absolute atomic E-state index is 0.537. The van der Waals surface area contributed by atoms with Gasteiger partial charge in [0.15, 0.2) is 5.96 Å². The number of nitrogens with one attached hydrogen (secondary N) is 1. The second-order valence-corrected chi connectivity index (χ2v) is 9.04. The number of nitrogens with zero attached hydrogens (tertiary/aromatic N) is 5. The maximum atomic E-state index is 6.23. The van der Waals surface area contributed by atoms with Gasteiger partial charge >= 0.3 is 0 Å². The second kappa shape index (κ2) is 9.29. The van der Waals surface area contributed by atoms with Crippen LogP contribution in [0.3, 0.4) is 0 Å². The van der Waals surface area contributed by atoms with Crippen molar-refractivity contribution in [3.05, 3.63) is 46.7 Å². The average molecular weight is 429 g/mol. The number of aromatic nitrogens is 2. The summed E-state index contributed by atoms with van der Waals surface area (Å²) in [6.07, 6.45) is 6.47. The fourth-order valence-corrected chi connectivity index (χ4v) is 4.81. The van der Waals surface area contributed by atoms with Crippen molar-refractivity contribution in [2.45, 2.75) is 32.6 Å². The molecule has 30 heavy (non-hydrogen) atoms. The first kappa shape index (κ1) is 21.0. The fourth-order valence-electron chi connectivity index (χ4n) is 4.64. The van der Waals surface area contributed by atoms with E-state index < -0.39 is 0 Å². The van der Waals surface area contributed by atoms with Crippen LogP contribution in [0.1, 0.15) is 36.8 Å². The molecule has 0 aliphatic carbocycles. The first-order valence-corrected chi connectivity index (χ1v) is 11.4. The summed E-state index contributed by atoms with van der Waals surface area (Å²) in [4.78, 5) is 9.91. The van der Waals surface area contributed by atoms with Crippen LogP contribution in [-0.2, 0) is 7.05 Å². The number of rotatable bonds is 5. The third kappa shape index (κ3) is 4.75. The molecule has 162 valence electrons. The Balaban J connectivity index is 1.37. The second-order valence-electron chi connectivity index (χ2n) is 8.61. The minimum atomic E-state index is 0.537. The number of halogens is 1. The number of anilines is 1. The topological polar surface area (TPSA) is 48.7 Å². The number of aliphatic imine (C=N–C) groups is 1.